The minimum absolute atomic E-state index is 0.0643. The van der Waals surface area contributed by atoms with E-state index in [2.05, 4.69) is 15.5 Å². The second-order valence-corrected chi connectivity index (χ2v) is 4.81. The second kappa shape index (κ2) is 6.89. The van der Waals surface area contributed by atoms with Crippen LogP contribution in [0.3, 0.4) is 0 Å². The maximum Gasteiger partial charge on any atom is 0.316 e. The zero-order valence-electron chi connectivity index (χ0n) is 12.6. The van der Waals surface area contributed by atoms with E-state index >= 15 is 0 Å². The Morgan fingerprint density at radius 2 is 2.00 bits per heavy atom. The topological polar surface area (TPSA) is 82.2 Å². The summed E-state index contributed by atoms with van der Waals surface area (Å²) in [4.78, 5) is 15.9. The highest BCUT2D eigenvalue weighted by Gasteiger charge is 2.15. The zero-order valence-corrected chi connectivity index (χ0v) is 12.6. The summed E-state index contributed by atoms with van der Waals surface area (Å²) in [7, 11) is 1.56. The van der Waals surface area contributed by atoms with E-state index in [1.165, 1.54) is 0 Å². The molecule has 0 atom stereocenters. The molecule has 0 aliphatic carbocycles. The van der Waals surface area contributed by atoms with E-state index in [0.29, 0.717) is 19.0 Å². The number of rotatable bonds is 6. The molecule has 3 rings (SSSR count). The van der Waals surface area contributed by atoms with Gasteiger partial charge in [-0.1, -0.05) is 5.16 Å². The molecule has 0 saturated carbocycles. The average Bonchev–Trinajstić information content (AvgIpc) is 3.27. The fourth-order valence-electron chi connectivity index (χ4n) is 2.06. The van der Waals surface area contributed by atoms with Crippen molar-refractivity contribution in [1.29, 1.82) is 0 Å². The molecule has 0 unspecified atom stereocenters. The van der Waals surface area contributed by atoms with E-state index < -0.39 is 5.91 Å². The summed E-state index contributed by atoms with van der Waals surface area (Å²) in [5.41, 5.74) is 1.81. The SMILES string of the molecule is COCCNC(=O)c1nc(-c2ccc(-n3cccc3)cc2)no1. The Labute approximate surface area is 132 Å². The number of nitrogens with zero attached hydrogens (tertiary/aromatic N) is 3. The lowest BCUT2D eigenvalue weighted by Crippen LogP contribution is -2.27. The van der Waals surface area contributed by atoms with Crippen LogP contribution in [0.15, 0.2) is 53.3 Å². The molecule has 0 radical (unpaired) electrons. The van der Waals surface area contributed by atoms with Crippen LogP contribution < -0.4 is 5.32 Å². The van der Waals surface area contributed by atoms with Gasteiger partial charge in [-0.25, -0.2) is 0 Å². The van der Waals surface area contributed by atoms with Crippen molar-refractivity contribution in [3.05, 3.63) is 54.7 Å². The summed E-state index contributed by atoms with van der Waals surface area (Å²) in [5.74, 6) is -0.101. The first kappa shape index (κ1) is 15.0. The van der Waals surface area contributed by atoms with Crippen LogP contribution in [0.25, 0.3) is 17.1 Å². The largest absolute Gasteiger partial charge is 0.383 e. The van der Waals surface area contributed by atoms with Crippen LogP contribution in [0, 0.1) is 0 Å². The lowest BCUT2D eigenvalue weighted by atomic mass is 10.2. The fraction of sp³-hybridized carbons (Fsp3) is 0.188. The molecule has 2 aromatic heterocycles. The van der Waals surface area contributed by atoms with Gasteiger partial charge in [-0.3, -0.25) is 4.79 Å². The van der Waals surface area contributed by atoms with Crippen molar-refractivity contribution in [1.82, 2.24) is 20.0 Å². The highest BCUT2D eigenvalue weighted by molar-refractivity contribution is 5.89. The van der Waals surface area contributed by atoms with E-state index in [9.17, 15) is 4.79 Å². The van der Waals surface area contributed by atoms with Gasteiger partial charge in [0.25, 0.3) is 0 Å². The van der Waals surface area contributed by atoms with E-state index in [1.807, 2.05) is 53.4 Å². The van der Waals surface area contributed by atoms with Gasteiger partial charge in [0, 0.05) is 37.3 Å². The lowest BCUT2D eigenvalue weighted by molar-refractivity contribution is 0.0893. The molecule has 0 bridgehead atoms. The highest BCUT2D eigenvalue weighted by Crippen LogP contribution is 2.18. The van der Waals surface area contributed by atoms with Gasteiger partial charge in [-0.2, -0.15) is 4.98 Å². The van der Waals surface area contributed by atoms with Crippen molar-refractivity contribution in [2.75, 3.05) is 20.3 Å². The zero-order chi connectivity index (χ0) is 16.1. The van der Waals surface area contributed by atoms with Gasteiger partial charge in [-0.15, -0.1) is 0 Å². The smallest absolute Gasteiger partial charge is 0.316 e. The van der Waals surface area contributed by atoms with Gasteiger partial charge in [0.2, 0.25) is 5.82 Å². The Morgan fingerprint density at radius 1 is 1.26 bits per heavy atom. The first-order valence-electron chi connectivity index (χ1n) is 7.12. The van der Waals surface area contributed by atoms with E-state index in [0.717, 1.165) is 11.3 Å². The summed E-state index contributed by atoms with van der Waals surface area (Å²) >= 11 is 0. The first-order valence-corrected chi connectivity index (χ1v) is 7.12. The molecule has 0 spiro atoms. The van der Waals surface area contributed by atoms with E-state index in [4.69, 9.17) is 9.26 Å². The number of aromatic nitrogens is 3. The molecule has 23 heavy (non-hydrogen) atoms. The molecular weight excluding hydrogens is 296 g/mol. The molecule has 3 aromatic rings. The van der Waals surface area contributed by atoms with Gasteiger partial charge in [0.05, 0.1) is 6.61 Å². The van der Waals surface area contributed by atoms with E-state index in [1.54, 1.807) is 7.11 Å². The Morgan fingerprint density at radius 3 is 2.70 bits per heavy atom. The number of carbonyl (C=O) groups is 1. The molecule has 1 aromatic carbocycles. The molecule has 0 aliphatic heterocycles. The summed E-state index contributed by atoms with van der Waals surface area (Å²) in [6, 6.07) is 11.6. The fourth-order valence-corrected chi connectivity index (χ4v) is 2.06. The number of carbonyl (C=O) groups excluding carboxylic acids is 1. The van der Waals surface area contributed by atoms with Gasteiger partial charge in [0.15, 0.2) is 0 Å². The molecule has 1 amide bonds. The van der Waals surface area contributed by atoms with Gasteiger partial charge < -0.3 is 19.1 Å². The van der Waals surface area contributed by atoms with Crippen molar-refractivity contribution >= 4 is 5.91 Å². The number of amides is 1. The lowest BCUT2D eigenvalue weighted by Gasteiger charge is -2.02. The minimum Gasteiger partial charge on any atom is -0.383 e. The van der Waals surface area contributed by atoms with Crippen molar-refractivity contribution in [2.24, 2.45) is 0 Å². The Kier molecular flexibility index (Phi) is 4.49. The monoisotopic (exact) mass is 312 g/mol. The van der Waals surface area contributed by atoms with Crippen molar-refractivity contribution in [3.8, 4) is 17.1 Å². The third-order valence-corrected chi connectivity index (χ3v) is 3.24. The number of ether oxygens (including phenoxy) is 1. The summed E-state index contributed by atoms with van der Waals surface area (Å²) in [6.07, 6.45) is 3.93. The normalized spacial score (nSPS) is 10.7. The number of hydrogen-bond donors (Lipinski definition) is 1. The van der Waals surface area contributed by atoms with Gasteiger partial charge in [-0.05, 0) is 36.4 Å². The molecule has 2 heterocycles. The number of nitrogens with one attached hydrogen (secondary N) is 1. The maximum absolute atomic E-state index is 11.8. The summed E-state index contributed by atoms with van der Waals surface area (Å²) < 4.78 is 11.9. The molecule has 118 valence electrons. The van der Waals surface area contributed by atoms with Crippen LogP contribution in [-0.2, 0) is 4.74 Å². The van der Waals surface area contributed by atoms with Crippen LogP contribution in [0.1, 0.15) is 10.7 Å². The van der Waals surface area contributed by atoms with Crippen LogP contribution in [-0.4, -0.2) is 40.9 Å². The van der Waals surface area contributed by atoms with Crippen LogP contribution in [0.5, 0.6) is 0 Å². The molecule has 7 nitrogen and oxygen atoms in total. The molecule has 1 N–H and O–H groups in total. The van der Waals surface area contributed by atoms with Crippen molar-refractivity contribution in [2.45, 2.75) is 0 Å². The quantitative estimate of drug-likeness (QED) is 0.703. The Hall–Kier alpha value is -2.93. The molecule has 0 fully saturated rings. The Bertz CT molecular complexity index is 763. The highest BCUT2D eigenvalue weighted by atomic mass is 16.5. The first-order chi connectivity index (χ1) is 11.3. The number of benzene rings is 1. The van der Waals surface area contributed by atoms with Crippen LogP contribution in [0.2, 0.25) is 0 Å². The third-order valence-electron chi connectivity index (χ3n) is 3.24. The summed E-state index contributed by atoms with van der Waals surface area (Å²) in [5, 5.41) is 6.47. The average molecular weight is 312 g/mol. The minimum atomic E-state index is -0.412. The van der Waals surface area contributed by atoms with Crippen molar-refractivity contribution < 1.29 is 14.1 Å². The molecule has 0 aliphatic rings. The molecule has 0 saturated heterocycles. The Balaban J connectivity index is 1.71. The third kappa shape index (κ3) is 3.46. The van der Waals surface area contributed by atoms with Gasteiger partial charge >= 0.3 is 11.8 Å². The second-order valence-electron chi connectivity index (χ2n) is 4.81. The standard InChI is InChI=1S/C16H16N4O3/c1-22-11-8-17-15(21)16-18-14(19-23-16)12-4-6-13(7-5-12)20-9-2-3-10-20/h2-7,9-10H,8,11H2,1H3,(H,17,21). The van der Waals surface area contributed by atoms with Gasteiger partial charge in [0.1, 0.15) is 0 Å². The predicted molar refractivity (Wildman–Crippen MR) is 83.3 cm³/mol. The maximum atomic E-state index is 11.8. The summed E-state index contributed by atoms with van der Waals surface area (Å²) in [6.45, 7) is 0.812. The van der Waals surface area contributed by atoms with Crippen LogP contribution in [0.4, 0.5) is 0 Å². The van der Waals surface area contributed by atoms with E-state index in [-0.39, 0.29) is 5.89 Å². The van der Waals surface area contributed by atoms with Crippen molar-refractivity contribution in [3.63, 3.8) is 0 Å². The predicted octanol–water partition coefficient (Wildman–Crippen LogP) is 1.90. The number of hydrogen-bond acceptors (Lipinski definition) is 5. The molecule has 7 heteroatoms. The molecular formula is C16H16N4O3. The number of methoxy groups -OCH3 is 1. The van der Waals surface area contributed by atoms with Crippen LogP contribution >= 0.6 is 0 Å².